The van der Waals surface area contributed by atoms with Crippen LogP contribution in [-0.4, -0.2) is 22.2 Å². The molecule has 0 unspecified atom stereocenters. The maximum Gasteiger partial charge on any atom is 0.238 e. The summed E-state index contributed by atoms with van der Waals surface area (Å²) in [6.07, 6.45) is 3.68. The molecule has 0 saturated heterocycles. The third-order valence-corrected chi connectivity index (χ3v) is 3.08. The summed E-state index contributed by atoms with van der Waals surface area (Å²) in [7, 11) is 1.86. The summed E-state index contributed by atoms with van der Waals surface area (Å²) in [4.78, 5) is 11.8. The first-order chi connectivity index (χ1) is 9.54. The Labute approximate surface area is 122 Å². The second-order valence-electron chi connectivity index (χ2n) is 4.63. The van der Waals surface area contributed by atoms with Crippen molar-refractivity contribution in [3.63, 3.8) is 0 Å². The van der Waals surface area contributed by atoms with E-state index in [1.165, 1.54) is 0 Å². The molecular weight excluding hydrogens is 276 g/mol. The normalized spacial score (nSPS) is 10.6. The number of aryl methyl sites for hydroxylation is 2. The molecule has 0 aliphatic rings. The van der Waals surface area contributed by atoms with Gasteiger partial charge in [0.05, 0.1) is 12.7 Å². The minimum Gasteiger partial charge on any atom is -0.325 e. The van der Waals surface area contributed by atoms with Crippen LogP contribution in [0, 0.1) is 6.92 Å². The molecule has 1 aromatic carbocycles. The van der Waals surface area contributed by atoms with Gasteiger partial charge in [-0.3, -0.25) is 9.48 Å². The molecule has 0 aliphatic heterocycles. The van der Waals surface area contributed by atoms with Gasteiger partial charge in [0.25, 0.3) is 0 Å². The van der Waals surface area contributed by atoms with Crippen LogP contribution < -0.4 is 10.6 Å². The molecule has 2 rings (SSSR count). The number of amides is 1. The molecule has 0 atom stereocenters. The second-order valence-corrected chi connectivity index (χ2v) is 5.07. The highest BCUT2D eigenvalue weighted by Crippen LogP contribution is 2.19. The number of anilines is 1. The van der Waals surface area contributed by atoms with Gasteiger partial charge in [-0.05, 0) is 24.6 Å². The lowest BCUT2D eigenvalue weighted by molar-refractivity contribution is -0.115. The van der Waals surface area contributed by atoms with Crippen molar-refractivity contribution < 1.29 is 4.79 Å². The zero-order valence-electron chi connectivity index (χ0n) is 11.5. The summed E-state index contributed by atoms with van der Waals surface area (Å²) in [6.45, 7) is 2.77. The first kappa shape index (κ1) is 14.6. The number of rotatable bonds is 5. The number of hydrogen-bond acceptors (Lipinski definition) is 3. The summed E-state index contributed by atoms with van der Waals surface area (Å²) in [6, 6.07) is 5.42. The van der Waals surface area contributed by atoms with Crippen LogP contribution in [0.15, 0.2) is 30.6 Å². The van der Waals surface area contributed by atoms with Gasteiger partial charge in [0, 0.05) is 36.1 Å². The third-order valence-electron chi connectivity index (χ3n) is 2.85. The van der Waals surface area contributed by atoms with Crippen molar-refractivity contribution in [1.29, 1.82) is 0 Å². The second kappa shape index (κ2) is 6.54. The Morgan fingerprint density at radius 3 is 2.95 bits per heavy atom. The molecule has 0 aliphatic carbocycles. The van der Waals surface area contributed by atoms with Gasteiger partial charge in [-0.1, -0.05) is 17.7 Å². The predicted octanol–water partition coefficient (Wildman–Crippen LogP) is 2.11. The van der Waals surface area contributed by atoms with Crippen molar-refractivity contribution in [1.82, 2.24) is 15.1 Å². The Balaban J connectivity index is 1.82. The number of aromatic nitrogens is 2. The fourth-order valence-corrected chi connectivity index (χ4v) is 1.98. The lowest BCUT2D eigenvalue weighted by atomic mass is 10.2. The smallest absolute Gasteiger partial charge is 0.238 e. The Bertz CT molecular complexity index is 609. The number of nitrogens with zero attached hydrogens (tertiary/aromatic N) is 2. The Hall–Kier alpha value is -1.85. The zero-order chi connectivity index (χ0) is 14.5. The average Bonchev–Trinajstić information content (AvgIpc) is 2.80. The van der Waals surface area contributed by atoms with E-state index in [2.05, 4.69) is 15.7 Å². The number of halogens is 1. The van der Waals surface area contributed by atoms with E-state index in [0.717, 1.165) is 16.8 Å². The number of hydrogen-bond donors (Lipinski definition) is 2. The van der Waals surface area contributed by atoms with Crippen LogP contribution >= 0.6 is 11.6 Å². The molecule has 6 heteroatoms. The molecule has 0 fully saturated rings. The minimum atomic E-state index is -0.0979. The van der Waals surface area contributed by atoms with Crippen molar-refractivity contribution in [3.05, 3.63) is 46.7 Å². The van der Waals surface area contributed by atoms with Crippen molar-refractivity contribution in [2.75, 3.05) is 11.9 Å². The van der Waals surface area contributed by atoms with Gasteiger partial charge in [0.15, 0.2) is 0 Å². The van der Waals surface area contributed by atoms with Crippen LogP contribution in [0.5, 0.6) is 0 Å². The molecule has 1 amide bonds. The first-order valence-corrected chi connectivity index (χ1v) is 6.66. The van der Waals surface area contributed by atoms with E-state index >= 15 is 0 Å². The van der Waals surface area contributed by atoms with Gasteiger partial charge in [-0.25, -0.2) is 0 Å². The molecule has 2 N–H and O–H groups in total. The maximum absolute atomic E-state index is 11.8. The molecule has 106 valence electrons. The van der Waals surface area contributed by atoms with Gasteiger partial charge in [-0.2, -0.15) is 5.10 Å². The predicted molar refractivity (Wildman–Crippen MR) is 79.7 cm³/mol. The number of nitrogens with one attached hydrogen (secondary N) is 2. The van der Waals surface area contributed by atoms with E-state index in [-0.39, 0.29) is 12.5 Å². The summed E-state index contributed by atoms with van der Waals surface area (Å²) in [5, 5.41) is 10.6. The molecule has 1 heterocycles. The summed E-state index contributed by atoms with van der Waals surface area (Å²) in [5.41, 5.74) is 2.76. The van der Waals surface area contributed by atoms with E-state index in [0.29, 0.717) is 11.6 Å². The van der Waals surface area contributed by atoms with E-state index in [4.69, 9.17) is 11.6 Å². The molecule has 5 nitrogen and oxygen atoms in total. The van der Waals surface area contributed by atoms with Crippen LogP contribution in [0.3, 0.4) is 0 Å². The van der Waals surface area contributed by atoms with Gasteiger partial charge >= 0.3 is 0 Å². The van der Waals surface area contributed by atoms with Crippen LogP contribution in [0.25, 0.3) is 0 Å². The number of benzene rings is 1. The maximum atomic E-state index is 11.8. The summed E-state index contributed by atoms with van der Waals surface area (Å²) < 4.78 is 1.73. The molecule has 0 radical (unpaired) electrons. The largest absolute Gasteiger partial charge is 0.325 e. The van der Waals surface area contributed by atoms with Crippen molar-refractivity contribution >= 4 is 23.2 Å². The fourth-order valence-electron chi connectivity index (χ4n) is 1.81. The lowest BCUT2D eigenvalue weighted by Gasteiger charge is -2.09. The van der Waals surface area contributed by atoms with Gasteiger partial charge in [0.2, 0.25) is 5.91 Å². The molecule has 0 spiro atoms. The van der Waals surface area contributed by atoms with E-state index in [9.17, 15) is 4.79 Å². The van der Waals surface area contributed by atoms with Crippen LogP contribution in [0.4, 0.5) is 5.69 Å². The Morgan fingerprint density at radius 1 is 1.45 bits per heavy atom. The first-order valence-electron chi connectivity index (χ1n) is 6.29. The van der Waals surface area contributed by atoms with Gasteiger partial charge in [0.1, 0.15) is 0 Å². The molecule has 0 saturated carbocycles. The molecule has 2 aromatic rings. The molecule has 0 bridgehead atoms. The quantitative estimate of drug-likeness (QED) is 0.887. The standard InChI is InChI=1S/C14H17ClN4O/c1-10-3-4-12(15)5-13(10)18-14(20)8-16-6-11-7-17-19(2)9-11/h3-5,7,9,16H,6,8H2,1-2H3,(H,18,20). The number of carbonyl (C=O) groups excluding carboxylic acids is 1. The molecule has 20 heavy (non-hydrogen) atoms. The average molecular weight is 293 g/mol. The van der Waals surface area contributed by atoms with Crippen molar-refractivity contribution in [2.45, 2.75) is 13.5 Å². The third kappa shape index (κ3) is 4.08. The molecular formula is C14H17ClN4O. The van der Waals surface area contributed by atoms with E-state index < -0.39 is 0 Å². The van der Waals surface area contributed by atoms with Crippen molar-refractivity contribution in [3.8, 4) is 0 Å². The van der Waals surface area contributed by atoms with E-state index in [1.54, 1.807) is 23.0 Å². The zero-order valence-corrected chi connectivity index (χ0v) is 12.2. The van der Waals surface area contributed by atoms with Crippen LogP contribution in [0.1, 0.15) is 11.1 Å². The van der Waals surface area contributed by atoms with Crippen LogP contribution in [0.2, 0.25) is 5.02 Å². The highest BCUT2D eigenvalue weighted by molar-refractivity contribution is 6.31. The Morgan fingerprint density at radius 2 is 2.25 bits per heavy atom. The van der Waals surface area contributed by atoms with E-state index in [1.807, 2.05) is 26.2 Å². The van der Waals surface area contributed by atoms with Crippen molar-refractivity contribution in [2.24, 2.45) is 7.05 Å². The SMILES string of the molecule is Cc1ccc(Cl)cc1NC(=O)CNCc1cnn(C)c1. The monoisotopic (exact) mass is 292 g/mol. The fraction of sp³-hybridized carbons (Fsp3) is 0.286. The lowest BCUT2D eigenvalue weighted by Crippen LogP contribution is -2.27. The summed E-state index contributed by atoms with van der Waals surface area (Å²) >= 11 is 5.91. The topological polar surface area (TPSA) is 59.0 Å². The van der Waals surface area contributed by atoms with Gasteiger partial charge in [-0.15, -0.1) is 0 Å². The van der Waals surface area contributed by atoms with Gasteiger partial charge < -0.3 is 10.6 Å². The number of carbonyl (C=O) groups is 1. The highest BCUT2D eigenvalue weighted by Gasteiger charge is 2.05. The Kier molecular flexibility index (Phi) is 4.76. The minimum absolute atomic E-state index is 0.0979. The highest BCUT2D eigenvalue weighted by atomic mass is 35.5. The van der Waals surface area contributed by atoms with Crippen LogP contribution in [-0.2, 0) is 18.4 Å². The summed E-state index contributed by atoms with van der Waals surface area (Å²) in [5.74, 6) is -0.0979. The molecule has 1 aromatic heterocycles.